The first-order chi connectivity index (χ1) is 11.6. The van der Waals surface area contributed by atoms with Crippen LogP contribution in [0.25, 0.3) is 0 Å². The highest BCUT2D eigenvalue weighted by Crippen LogP contribution is 2.15. The Balaban J connectivity index is 1.57. The van der Waals surface area contributed by atoms with Crippen molar-refractivity contribution in [3.8, 4) is 0 Å². The van der Waals surface area contributed by atoms with Gasteiger partial charge in [0.1, 0.15) is 11.6 Å². The van der Waals surface area contributed by atoms with E-state index in [1.54, 1.807) is 4.90 Å². The van der Waals surface area contributed by atoms with Crippen LogP contribution in [0.15, 0.2) is 22.7 Å². The highest BCUT2D eigenvalue weighted by Gasteiger charge is 2.25. The van der Waals surface area contributed by atoms with Crippen molar-refractivity contribution in [3.63, 3.8) is 0 Å². The summed E-state index contributed by atoms with van der Waals surface area (Å²) < 4.78 is 31.8. The van der Waals surface area contributed by atoms with Gasteiger partial charge in [-0.15, -0.1) is 0 Å². The van der Waals surface area contributed by atoms with Gasteiger partial charge in [0.25, 0.3) is 5.91 Å². The first kappa shape index (κ1) is 16.5. The van der Waals surface area contributed by atoms with Gasteiger partial charge in [0.15, 0.2) is 5.82 Å². The van der Waals surface area contributed by atoms with Crippen molar-refractivity contribution in [1.82, 2.24) is 19.9 Å². The molecule has 0 unspecified atom stereocenters. The van der Waals surface area contributed by atoms with Crippen LogP contribution in [0, 0.1) is 11.6 Å². The maximum Gasteiger partial charge on any atom is 0.256 e. The molecule has 0 N–H and O–H groups in total. The van der Waals surface area contributed by atoms with E-state index in [-0.39, 0.29) is 5.56 Å². The van der Waals surface area contributed by atoms with Crippen LogP contribution in [0.5, 0.6) is 0 Å². The van der Waals surface area contributed by atoms with E-state index < -0.39 is 17.5 Å². The van der Waals surface area contributed by atoms with Crippen LogP contribution in [-0.4, -0.2) is 52.0 Å². The molecule has 128 valence electrons. The fraction of sp³-hybridized carbons (Fsp3) is 0.438. The van der Waals surface area contributed by atoms with Gasteiger partial charge in [-0.2, -0.15) is 4.98 Å². The minimum Gasteiger partial charge on any atom is -0.338 e. The van der Waals surface area contributed by atoms with E-state index in [0.717, 1.165) is 18.6 Å². The van der Waals surface area contributed by atoms with E-state index in [0.29, 0.717) is 44.4 Å². The second-order valence-electron chi connectivity index (χ2n) is 5.65. The van der Waals surface area contributed by atoms with Crippen LogP contribution in [0.2, 0.25) is 0 Å². The number of hydrogen-bond acceptors (Lipinski definition) is 5. The Hall–Kier alpha value is -2.35. The van der Waals surface area contributed by atoms with Gasteiger partial charge >= 0.3 is 0 Å². The van der Waals surface area contributed by atoms with Crippen molar-refractivity contribution in [2.75, 3.05) is 26.2 Å². The first-order valence-corrected chi connectivity index (χ1v) is 7.85. The van der Waals surface area contributed by atoms with E-state index in [2.05, 4.69) is 15.0 Å². The number of carbonyl (C=O) groups is 1. The lowest BCUT2D eigenvalue weighted by Gasteiger charge is -2.34. The third kappa shape index (κ3) is 3.59. The van der Waals surface area contributed by atoms with Gasteiger partial charge in [0, 0.05) is 38.7 Å². The van der Waals surface area contributed by atoms with Gasteiger partial charge in [-0.25, -0.2) is 8.78 Å². The molecule has 1 fully saturated rings. The van der Waals surface area contributed by atoms with E-state index in [9.17, 15) is 13.6 Å². The summed E-state index contributed by atoms with van der Waals surface area (Å²) in [5, 5.41) is 3.85. The van der Waals surface area contributed by atoms with Crippen molar-refractivity contribution in [2.45, 2.75) is 19.9 Å². The first-order valence-electron chi connectivity index (χ1n) is 7.85. The number of rotatable bonds is 4. The third-order valence-corrected chi connectivity index (χ3v) is 4.01. The molecule has 6 nitrogen and oxygen atoms in total. The number of carbonyl (C=O) groups excluding carboxylic acids is 1. The minimum atomic E-state index is -0.833. The Kier molecular flexibility index (Phi) is 4.84. The third-order valence-electron chi connectivity index (χ3n) is 4.01. The van der Waals surface area contributed by atoms with E-state index in [4.69, 9.17) is 4.52 Å². The Bertz CT molecular complexity index is 727. The molecule has 8 heteroatoms. The van der Waals surface area contributed by atoms with Gasteiger partial charge in [-0.1, -0.05) is 12.1 Å². The number of piperazine rings is 1. The number of aromatic nitrogens is 2. The Morgan fingerprint density at radius 3 is 2.62 bits per heavy atom. The molecule has 3 rings (SSSR count). The molecule has 1 saturated heterocycles. The van der Waals surface area contributed by atoms with Gasteiger partial charge in [0.2, 0.25) is 5.89 Å². The van der Waals surface area contributed by atoms with Crippen molar-refractivity contribution >= 4 is 5.91 Å². The molecule has 2 heterocycles. The average molecular weight is 336 g/mol. The Morgan fingerprint density at radius 1 is 1.25 bits per heavy atom. The maximum atomic E-state index is 13.7. The topological polar surface area (TPSA) is 62.5 Å². The molecule has 24 heavy (non-hydrogen) atoms. The zero-order valence-corrected chi connectivity index (χ0v) is 13.3. The molecule has 0 radical (unpaired) electrons. The second kappa shape index (κ2) is 7.04. The van der Waals surface area contributed by atoms with Crippen LogP contribution in [-0.2, 0) is 13.0 Å². The molecule has 1 aliphatic heterocycles. The largest absolute Gasteiger partial charge is 0.338 e. The predicted molar refractivity (Wildman–Crippen MR) is 81.2 cm³/mol. The van der Waals surface area contributed by atoms with Crippen LogP contribution in [0.3, 0.4) is 0 Å². The zero-order valence-electron chi connectivity index (χ0n) is 13.3. The van der Waals surface area contributed by atoms with Crippen molar-refractivity contribution < 1.29 is 18.1 Å². The van der Waals surface area contributed by atoms with Crippen LogP contribution < -0.4 is 0 Å². The molecule has 1 amide bonds. The van der Waals surface area contributed by atoms with Crippen molar-refractivity contribution in [1.29, 1.82) is 0 Å². The van der Waals surface area contributed by atoms with E-state index in [1.807, 2.05) is 6.92 Å². The number of hydrogen-bond donors (Lipinski definition) is 0. The van der Waals surface area contributed by atoms with Gasteiger partial charge in [0.05, 0.1) is 12.1 Å². The van der Waals surface area contributed by atoms with Crippen LogP contribution in [0.1, 0.15) is 29.0 Å². The summed E-state index contributed by atoms with van der Waals surface area (Å²) in [6, 6.07) is 3.00. The van der Waals surface area contributed by atoms with Crippen LogP contribution >= 0.6 is 0 Å². The second-order valence-corrected chi connectivity index (χ2v) is 5.65. The fourth-order valence-corrected chi connectivity index (χ4v) is 2.63. The smallest absolute Gasteiger partial charge is 0.256 e. The van der Waals surface area contributed by atoms with Gasteiger partial charge < -0.3 is 9.42 Å². The minimum absolute atomic E-state index is 0.102. The highest BCUT2D eigenvalue weighted by atomic mass is 19.1. The number of halogens is 2. The molecule has 0 spiro atoms. The van der Waals surface area contributed by atoms with E-state index in [1.165, 1.54) is 6.07 Å². The fourth-order valence-electron chi connectivity index (χ4n) is 2.63. The lowest BCUT2D eigenvalue weighted by Crippen LogP contribution is -2.48. The van der Waals surface area contributed by atoms with Crippen molar-refractivity contribution in [3.05, 3.63) is 47.1 Å². The average Bonchev–Trinajstić information content (AvgIpc) is 3.03. The SMILES string of the molecule is CCc1noc(CN2CCN(C(=O)c3ccc(F)cc3F)CC2)n1. The van der Waals surface area contributed by atoms with Gasteiger partial charge in [-0.3, -0.25) is 9.69 Å². The summed E-state index contributed by atoms with van der Waals surface area (Å²) in [4.78, 5) is 20.3. The number of amides is 1. The normalized spacial score (nSPS) is 15.7. The molecule has 0 bridgehead atoms. The quantitative estimate of drug-likeness (QED) is 0.853. The lowest BCUT2D eigenvalue weighted by molar-refractivity contribution is 0.0610. The Morgan fingerprint density at radius 2 is 2.00 bits per heavy atom. The maximum absolute atomic E-state index is 13.7. The molecular formula is C16H18F2N4O2. The summed E-state index contributed by atoms with van der Waals surface area (Å²) in [6.45, 7) is 4.65. The summed E-state index contributed by atoms with van der Waals surface area (Å²) >= 11 is 0. The summed E-state index contributed by atoms with van der Waals surface area (Å²) in [6.07, 6.45) is 0.717. The summed E-state index contributed by atoms with van der Waals surface area (Å²) in [5.41, 5.74) is -0.102. The summed E-state index contributed by atoms with van der Waals surface area (Å²) in [5.74, 6) is -0.722. The molecule has 2 aromatic rings. The number of nitrogens with zero attached hydrogens (tertiary/aromatic N) is 4. The molecule has 1 aromatic heterocycles. The molecular weight excluding hydrogens is 318 g/mol. The Labute approximate surface area is 138 Å². The molecule has 0 atom stereocenters. The lowest BCUT2D eigenvalue weighted by atomic mass is 10.1. The number of aryl methyl sites for hydroxylation is 1. The predicted octanol–water partition coefficient (Wildman–Crippen LogP) is 1.87. The van der Waals surface area contributed by atoms with Crippen molar-refractivity contribution in [2.24, 2.45) is 0 Å². The zero-order chi connectivity index (χ0) is 17.1. The van der Waals surface area contributed by atoms with Gasteiger partial charge in [-0.05, 0) is 12.1 Å². The molecule has 1 aliphatic rings. The standard InChI is InChI=1S/C16H18F2N4O2/c1-2-14-19-15(24-20-14)10-21-5-7-22(8-6-21)16(23)12-4-3-11(17)9-13(12)18/h3-4,9H,2,5-8,10H2,1H3. The summed E-state index contributed by atoms with van der Waals surface area (Å²) in [7, 11) is 0. The highest BCUT2D eigenvalue weighted by molar-refractivity contribution is 5.94. The van der Waals surface area contributed by atoms with E-state index >= 15 is 0 Å². The number of benzene rings is 1. The molecule has 1 aromatic carbocycles. The molecule has 0 saturated carbocycles. The van der Waals surface area contributed by atoms with Crippen LogP contribution in [0.4, 0.5) is 8.78 Å². The molecule has 0 aliphatic carbocycles. The monoisotopic (exact) mass is 336 g/mol.